The molecule has 2 rings (SSSR count). The van der Waals surface area contributed by atoms with Crippen molar-refractivity contribution in [3.05, 3.63) is 23.0 Å². The van der Waals surface area contributed by atoms with Gasteiger partial charge in [-0.15, -0.1) is 0 Å². The molecule has 5 nitrogen and oxygen atoms in total. The fourth-order valence-electron chi connectivity index (χ4n) is 2.07. The topological polar surface area (TPSA) is 79.5 Å². The lowest BCUT2D eigenvalue weighted by Gasteiger charge is -2.23. The maximum atomic E-state index is 12.2. The normalized spacial score (nSPS) is 19.6. The van der Waals surface area contributed by atoms with Gasteiger partial charge in [-0.1, -0.05) is 11.6 Å². The van der Waals surface area contributed by atoms with E-state index in [1.807, 2.05) is 0 Å². The molecule has 0 radical (unpaired) electrons. The number of halogens is 1. The van der Waals surface area contributed by atoms with Crippen LogP contribution in [0.1, 0.15) is 23.2 Å². The van der Waals surface area contributed by atoms with Gasteiger partial charge in [-0.2, -0.15) is 0 Å². The molecule has 1 aromatic heterocycles. The number of pyridine rings is 1. The predicted octanol–water partition coefficient (Wildman–Crippen LogP) is 0.914. The van der Waals surface area contributed by atoms with Crippen molar-refractivity contribution in [1.29, 1.82) is 0 Å². The van der Waals surface area contributed by atoms with Crippen LogP contribution in [-0.4, -0.2) is 40.1 Å². The lowest BCUT2D eigenvalue weighted by Crippen LogP contribution is -2.38. The van der Waals surface area contributed by atoms with Crippen molar-refractivity contribution in [2.24, 2.45) is 0 Å². The molecule has 1 aromatic rings. The van der Waals surface area contributed by atoms with Gasteiger partial charge in [0.05, 0.1) is 30.1 Å². The summed E-state index contributed by atoms with van der Waals surface area (Å²) < 4.78 is 0. The third kappa shape index (κ3) is 2.35. The number of nitrogens with zero attached hydrogens (tertiary/aromatic N) is 2. The van der Waals surface area contributed by atoms with E-state index in [1.165, 1.54) is 12.3 Å². The molecule has 0 aliphatic carbocycles. The molecule has 1 saturated heterocycles. The van der Waals surface area contributed by atoms with E-state index in [1.54, 1.807) is 4.90 Å². The van der Waals surface area contributed by atoms with Crippen LogP contribution in [0.2, 0.25) is 5.15 Å². The van der Waals surface area contributed by atoms with Gasteiger partial charge in [-0.3, -0.25) is 4.79 Å². The van der Waals surface area contributed by atoms with Gasteiger partial charge in [0, 0.05) is 6.54 Å². The third-order valence-corrected chi connectivity index (χ3v) is 3.19. The molecule has 92 valence electrons. The molecule has 0 spiro atoms. The highest BCUT2D eigenvalue weighted by Gasteiger charge is 2.29. The number of anilines is 1. The number of carbonyl (C=O) groups excluding carboxylic acids is 1. The number of hydrogen-bond acceptors (Lipinski definition) is 4. The molecule has 0 aromatic carbocycles. The van der Waals surface area contributed by atoms with E-state index < -0.39 is 0 Å². The smallest absolute Gasteiger partial charge is 0.256 e. The highest BCUT2D eigenvalue weighted by molar-refractivity contribution is 6.29. The van der Waals surface area contributed by atoms with Crippen LogP contribution in [0.25, 0.3) is 0 Å². The lowest BCUT2D eigenvalue weighted by atomic mass is 10.2. The van der Waals surface area contributed by atoms with E-state index in [4.69, 9.17) is 17.3 Å². The summed E-state index contributed by atoms with van der Waals surface area (Å²) in [5.74, 6) is -0.191. The van der Waals surface area contributed by atoms with Gasteiger partial charge in [0.2, 0.25) is 0 Å². The number of nitrogen functional groups attached to an aromatic ring is 1. The molecule has 17 heavy (non-hydrogen) atoms. The number of amides is 1. The second kappa shape index (κ2) is 4.89. The summed E-state index contributed by atoms with van der Waals surface area (Å²) in [5, 5.41) is 9.43. The second-order valence-electron chi connectivity index (χ2n) is 4.07. The summed E-state index contributed by atoms with van der Waals surface area (Å²) in [5.41, 5.74) is 6.37. The maximum Gasteiger partial charge on any atom is 0.256 e. The van der Waals surface area contributed by atoms with Gasteiger partial charge in [0.25, 0.3) is 5.91 Å². The largest absolute Gasteiger partial charge is 0.397 e. The molecule has 0 saturated carbocycles. The number of hydrogen-bond donors (Lipinski definition) is 2. The molecule has 0 unspecified atom stereocenters. The Kier molecular flexibility index (Phi) is 3.49. The summed E-state index contributed by atoms with van der Waals surface area (Å²) in [6.45, 7) is 0.619. The van der Waals surface area contributed by atoms with E-state index in [9.17, 15) is 9.90 Å². The van der Waals surface area contributed by atoms with Gasteiger partial charge in [-0.25, -0.2) is 4.98 Å². The van der Waals surface area contributed by atoms with E-state index >= 15 is 0 Å². The van der Waals surface area contributed by atoms with Crippen molar-refractivity contribution >= 4 is 23.2 Å². The van der Waals surface area contributed by atoms with E-state index in [0.717, 1.165) is 12.8 Å². The molecule has 1 aliphatic rings. The van der Waals surface area contributed by atoms with E-state index in [2.05, 4.69) is 4.98 Å². The van der Waals surface area contributed by atoms with Crippen LogP contribution in [0.4, 0.5) is 5.69 Å². The van der Waals surface area contributed by atoms with Gasteiger partial charge in [0.15, 0.2) is 0 Å². The number of aromatic nitrogens is 1. The zero-order valence-electron chi connectivity index (χ0n) is 9.27. The minimum atomic E-state index is -0.191. The minimum absolute atomic E-state index is 0.0234. The van der Waals surface area contributed by atoms with Crippen molar-refractivity contribution in [3.63, 3.8) is 0 Å². The van der Waals surface area contributed by atoms with Crippen LogP contribution in [0, 0.1) is 0 Å². The Balaban J connectivity index is 2.27. The number of aliphatic hydroxyl groups is 1. The first kappa shape index (κ1) is 12.1. The molecule has 1 atom stereocenters. The molecule has 2 heterocycles. The zero-order valence-corrected chi connectivity index (χ0v) is 10.0. The molecule has 1 fully saturated rings. The quantitative estimate of drug-likeness (QED) is 0.770. The Labute approximate surface area is 104 Å². The summed E-state index contributed by atoms with van der Waals surface area (Å²) in [6, 6.07) is 1.35. The summed E-state index contributed by atoms with van der Waals surface area (Å²) >= 11 is 5.75. The van der Waals surface area contributed by atoms with Crippen molar-refractivity contribution in [3.8, 4) is 0 Å². The fourth-order valence-corrected chi connectivity index (χ4v) is 2.23. The molecular weight excluding hydrogens is 242 g/mol. The Hall–Kier alpha value is -1.33. The van der Waals surface area contributed by atoms with Crippen LogP contribution in [0.15, 0.2) is 12.3 Å². The molecule has 0 bridgehead atoms. The Morgan fingerprint density at radius 3 is 3.18 bits per heavy atom. The molecule has 6 heteroatoms. The molecule has 3 N–H and O–H groups in total. The van der Waals surface area contributed by atoms with Crippen LogP contribution in [0.5, 0.6) is 0 Å². The Morgan fingerprint density at radius 1 is 1.71 bits per heavy atom. The first-order valence-electron chi connectivity index (χ1n) is 5.46. The molecular formula is C11H14ClN3O2. The van der Waals surface area contributed by atoms with Gasteiger partial charge >= 0.3 is 0 Å². The van der Waals surface area contributed by atoms with Gasteiger partial charge < -0.3 is 15.7 Å². The average molecular weight is 256 g/mol. The Bertz CT molecular complexity index is 439. The second-order valence-corrected chi connectivity index (χ2v) is 4.46. The number of carbonyl (C=O) groups is 1. The van der Waals surface area contributed by atoms with Gasteiger partial charge in [-0.05, 0) is 18.9 Å². The van der Waals surface area contributed by atoms with Crippen LogP contribution in [-0.2, 0) is 0 Å². The number of aliphatic hydroxyl groups excluding tert-OH is 1. The van der Waals surface area contributed by atoms with Crippen molar-refractivity contribution in [2.45, 2.75) is 18.9 Å². The van der Waals surface area contributed by atoms with E-state index in [0.29, 0.717) is 17.8 Å². The lowest BCUT2D eigenvalue weighted by molar-refractivity contribution is 0.0678. The van der Waals surface area contributed by atoms with Gasteiger partial charge in [0.1, 0.15) is 5.15 Å². The van der Waals surface area contributed by atoms with Crippen molar-refractivity contribution in [2.75, 3.05) is 18.9 Å². The highest BCUT2D eigenvalue weighted by atomic mass is 35.5. The van der Waals surface area contributed by atoms with Crippen molar-refractivity contribution in [1.82, 2.24) is 9.88 Å². The maximum absolute atomic E-state index is 12.2. The van der Waals surface area contributed by atoms with Crippen LogP contribution >= 0.6 is 11.6 Å². The fraction of sp³-hybridized carbons (Fsp3) is 0.455. The first-order chi connectivity index (χ1) is 8.13. The minimum Gasteiger partial charge on any atom is -0.397 e. The molecule has 1 amide bonds. The first-order valence-corrected chi connectivity index (χ1v) is 5.84. The SMILES string of the molecule is Nc1cnc(Cl)cc1C(=O)N1CCC[C@@H]1CO. The third-order valence-electron chi connectivity index (χ3n) is 2.98. The Morgan fingerprint density at radius 2 is 2.47 bits per heavy atom. The van der Waals surface area contributed by atoms with Crippen molar-refractivity contribution < 1.29 is 9.90 Å². The van der Waals surface area contributed by atoms with Crippen LogP contribution in [0.3, 0.4) is 0 Å². The highest BCUT2D eigenvalue weighted by Crippen LogP contribution is 2.23. The zero-order chi connectivity index (χ0) is 12.4. The van der Waals surface area contributed by atoms with E-state index in [-0.39, 0.29) is 23.7 Å². The van der Waals surface area contributed by atoms with Crippen LogP contribution < -0.4 is 5.73 Å². The predicted molar refractivity (Wildman–Crippen MR) is 64.8 cm³/mol. The average Bonchev–Trinajstić information content (AvgIpc) is 2.79. The summed E-state index contributed by atoms with van der Waals surface area (Å²) in [6.07, 6.45) is 3.09. The number of likely N-dealkylation sites (tertiary alicyclic amines) is 1. The number of rotatable bonds is 2. The summed E-state index contributed by atoms with van der Waals surface area (Å²) in [7, 11) is 0. The monoisotopic (exact) mass is 255 g/mol. The summed E-state index contributed by atoms with van der Waals surface area (Å²) in [4.78, 5) is 17.7. The molecule has 1 aliphatic heterocycles. The standard InChI is InChI=1S/C11H14ClN3O2/c12-10-4-8(9(13)5-14-10)11(17)15-3-1-2-7(15)6-16/h4-5,7,16H,1-3,6,13H2/t7-/m1/s1. The number of nitrogens with two attached hydrogens (primary N) is 1.